The molecule has 2 atom stereocenters. The van der Waals surface area contributed by atoms with Crippen molar-refractivity contribution in [3.8, 4) is 11.5 Å². The average Bonchev–Trinajstić information content (AvgIpc) is 2.91. The van der Waals surface area contributed by atoms with Gasteiger partial charge in [0, 0.05) is 19.0 Å². The van der Waals surface area contributed by atoms with Crippen molar-refractivity contribution in [1.29, 1.82) is 0 Å². The van der Waals surface area contributed by atoms with Gasteiger partial charge in [-0.3, -0.25) is 9.59 Å². The van der Waals surface area contributed by atoms with Crippen molar-refractivity contribution < 1.29 is 19.1 Å². The molecule has 0 spiro atoms. The molecule has 37 heavy (non-hydrogen) atoms. The molecule has 0 bridgehead atoms. The Balaban J connectivity index is 1.95. The van der Waals surface area contributed by atoms with E-state index in [1.807, 2.05) is 50.2 Å². The summed E-state index contributed by atoms with van der Waals surface area (Å²) in [4.78, 5) is 28.8. The molecule has 0 saturated heterocycles. The normalized spacial score (nSPS) is 12.4. The van der Waals surface area contributed by atoms with E-state index in [-0.39, 0.29) is 31.0 Å². The second-order valence-electron chi connectivity index (χ2n) is 8.73. The van der Waals surface area contributed by atoms with Crippen LogP contribution in [0.5, 0.6) is 11.5 Å². The standard InChI is InChI=1S/C29H32Cl2N2O4/c1-4-20(2)32-29(35)25(17-21-10-6-5-7-11-21)33(18-22-14-15-23(30)24(31)16-22)28(34)19-37-27-13-9-8-12-26(27)36-3/h5-16,20,25H,4,17-19H2,1-3H3,(H,32,35)/t20-,25+/m1/s1. The summed E-state index contributed by atoms with van der Waals surface area (Å²) in [6.07, 6.45) is 1.10. The highest BCUT2D eigenvalue weighted by Crippen LogP contribution is 2.27. The lowest BCUT2D eigenvalue weighted by atomic mass is 10.0. The van der Waals surface area contributed by atoms with Gasteiger partial charge in [0.15, 0.2) is 18.1 Å². The number of methoxy groups -OCH3 is 1. The molecule has 0 aliphatic heterocycles. The van der Waals surface area contributed by atoms with Crippen molar-refractivity contribution in [3.05, 3.63) is 94.0 Å². The molecule has 6 nitrogen and oxygen atoms in total. The molecule has 0 radical (unpaired) electrons. The lowest BCUT2D eigenvalue weighted by Crippen LogP contribution is -2.53. The summed E-state index contributed by atoms with van der Waals surface area (Å²) in [5.41, 5.74) is 1.68. The highest BCUT2D eigenvalue weighted by Gasteiger charge is 2.31. The minimum Gasteiger partial charge on any atom is -0.493 e. The third-order valence-electron chi connectivity index (χ3n) is 6.03. The quantitative estimate of drug-likeness (QED) is 0.307. The lowest BCUT2D eigenvalue weighted by Gasteiger charge is -2.32. The van der Waals surface area contributed by atoms with Gasteiger partial charge in [-0.05, 0) is 48.7 Å². The van der Waals surface area contributed by atoms with Crippen molar-refractivity contribution in [3.63, 3.8) is 0 Å². The number of carbonyl (C=O) groups is 2. The summed E-state index contributed by atoms with van der Waals surface area (Å²) in [5, 5.41) is 3.83. The van der Waals surface area contributed by atoms with Gasteiger partial charge in [-0.1, -0.05) is 78.7 Å². The van der Waals surface area contributed by atoms with Crippen LogP contribution in [0.2, 0.25) is 10.0 Å². The molecule has 0 aliphatic carbocycles. The number of hydrogen-bond donors (Lipinski definition) is 1. The Morgan fingerprint density at radius 2 is 1.59 bits per heavy atom. The summed E-state index contributed by atoms with van der Waals surface area (Å²) < 4.78 is 11.2. The third kappa shape index (κ3) is 8.14. The van der Waals surface area contributed by atoms with Crippen LogP contribution in [-0.4, -0.2) is 42.5 Å². The van der Waals surface area contributed by atoms with Crippen molar-refractivity contribution in [2.45, 2.75) is 45.3 Å². The maximum atomic E-state index is 13.7. The first kappa shape index (κ1) is 28.4. The second-order valence-corrected chi connectivity index (χ2v) is 9.55. The zero-order valence-electron chi connectivity index (χ0n) is 21.2. The van der Waals surface area contributed by atoms with Crippen LogP contribution in [0, 0.1) is 0 Å². The summed E-state index contributed by atoms with van der Waals surface area (Å²) >= 11 is 12.4. The largest absolute Gasteiger partial charge is 0.493 e. The van der Waals surface area contributed by atoms with Crippen LogP contribution >= 0.6 is 23.2 Å². The maximum absolute atomic E-state index is 13.7. The van der Waals surface area contributed by atoms with Gasteiger partial charge in [0.1, 0.15) is 6.04 Å². The fourth-order valence-corrected chi connectivity index (χ4v) is 4.11. The van der Waals surface area contributed by atoms with Gasteiger partial charge in [-0.15, -0.1) is 0 Å². The monoisotopic (exact) mass is 542 g/mol. The molecule has 0 aliphatic rings. The van der Waals surface area contributed by atoms with Gasteiger partial charge in [-0.25, -0.2) is 0 Å². The number of nitrogens with zero attached hydrogens (tertiary/aromatic N) is 1. The van der Waals surface area contributed by atoms with Gasteiger partial charge in [0.25, 0.3) is 5.91 Å². The first-order valence-corrected chi connectivity index (χ1v) is 12.9. The molecule has 3 aromatic carbocycles. The Bertz CT molecular complexity index is 1190. The van der Waals surface area contributed by atoms with E-state index in [1.165, 1.54) is 7.11 Å². The van der Waals surface area contributed by atoms with Crippen LogP contribution in [0.25, 0.3) is 0 Å². The minimum absolute atomic E-state index is 0.0440. The average molecular weight is 543 g/mol. The van der Waals surface area contributed by atoms with Gasteiger partial charge in [0.05, 0.1) is 17.2 Å². The van der Waals surface area contributed by atoms with Crippen LogP contribution in [-0.2, 0) is 22.6 Å². The number of hydrogen-bond acceptors (Lipinski definition) is 4. The van der Waals surface area contributed by atoms with Crippen LogP contribution in [0.4, 0.5) is 0 Å². The summed E-state index contributed by atoms with van der Waals surface area (Å²) in [7, 11) is 1.54. The number of halogens is 2. The smallest absolute Gasteiger partial charge is 0.261 e. The van der Waals surface area contributed by atoms with Crippen molar-refractivity contribution in [1.82, 2.24) is 10.2 Å². The summed E-state index contributed by atoms with van der Waals surface area (Å²) in [5.74, 6) is 0.374. The Morgan fingerprint density at radius 3 is 2.24 bits per heavy atom. The maximum Gasteiger partial charge on any atom is 0.261 e. The van der Waals surface area contributed by atoms with E-state index < -0.39 is 6.04 Å². The van der Waals surface area contributed by atoms with Gasteiger partial charge in [-0.2, -0.15) is 0 Å². The molecule has 3 rings (SSSR count). The molecule has 196 valence electrons. The van der Waals surface area contributed by atoms with Crippen molar-refractivity contribution in [2.75, 3.05) is 13.7 Å². The molecule has 0 fully saturated rings. The zero-order valence-corrected chi connectivity index (χ0v) is 22.8. The molecular weight excluding hydrogens is 511 g/mol. The number of carbonyl (C=O) groups excluding carboxylic acids is 2. The predicted molar refractivity (Wildman–Crippen MR) is 147 cm³/mol. The van der Waals surface area contributed by atoms with Crippen molar-refractivity contribution >= 4 is 35.0 Å². The molecule has 0 heterocycles. The van der Waals surface area contributed by atoms with Crippen LogP contribution < -0.4 is 14.8 Å². The zero-order chi connectivity index (χ0) is 26.8. The Kier molecular flexibility index (Phi) is 10.7. The molecule has 0 unspecified atom stereocenters. The SMILES string of the molecule is CC[C@@H](C)NC(=O)[C@H](Cc1ccccc1)N(Cc1ccc(Cl)c(Cl)c1)C(=O)COc1ccccc1OC. The Labute approximate surface area is 228 Å². The minimum atomic E-state index is -0.778. The fraction of sp³-hybridized carbons (Fsp3) is 0.310. The van der Waals surface area contributed by atoms with E-state index in [9.17, 15) is 9.59 Å². The summed E-state index contributed by atoms with van der Waals surface area (Å²) in [6, 6.07) is 21.1. The van der Waals surface area contributed by atoms with Gasteiger partial charge in [0.2, 0.25) is 5.91 Å². The van der Waals surface area contributed by atoms with Crippen LogP contribution in [0.15, 0.2) is 72.8 Å². The van der Waals surface area contributed by atoms with E-state index >= 15 is 0 Å². The number of amides is 2. The number of ether oxygens (including phenoxy) is 2. The van der Waals surface area contributed by atoms with Crippen LogP contribution in [0.3, 0.4) is 0 Å². The number of benzene rings is 3. The van der Waals surface area contributed by atoms with E-state index in [4.69, 9.17) is 32.7 Å². The van der Waals surface area contributed by atoms with E-state index in [0.29, 0.717) is 28.0 Å². The first-order chi connectivity index (χ1) is 17.8. The number of nitrogens with one attached hydrogen (secondary N) is 1. The molecular formula is C29H32Cl2N2O4. The third-order valence-corrected chi connectivity index (χ3v) is 6.77. The molecule has 2 amide bonds. The highest BCUT2D eigenvalue weighted by atomic mass is 35.5. The van der Waals surface area contributed by atoms with Crippen LogP contribution in [0.1, 0.15) is 31.4 Å². The van der Waals surface area contributed by atoms with E-state index in [0.717, 1.165) is 17.5 Å². The molecule has 3 aromatic rings. The van der Waals surface area contributed by atoms with Gasteiger partial charge >= 0.3 is 0 Å². The molecule has 0 aromatic heterocycles. The van der Waals surface area contributed by atoms with Crippen molar-refractivity contribution in [2.24, 2.45) is 0 Å². The second kappa shape index (κ2) is 13.9. The first-order valence-electron chi connectivity index (χ1n) is 12.2. The number of rotatable bonds is 12. The lowest BCUT2D eigenvalue weighted by molar-refractivity contribution is -0.143. The number of para-hydroxylation sites is 2. The van der Waals surface area contributed by atoms with E-state index in [1.54, 1.807) is 41.3 Å². The predicted octanol–water partition coefficient (Wildman–Crippen LogP) is 5.94. The molecule has 8 heteroatoms. The Morgan fingerprint density at radius 1 is 0.919 bits per heavy atom. The molecule has 0 saturated carbocycles. The van der Waals surface area contributed by atoms with Gasteiger partial charge < -0.3 is 19.7 Å². The molecule has 1 N–H and O–H groups in total. The fourth-order valence-electron chi connectivity index (χ4n) is 3.79. The highest BCUT2D eigenvalue weighted by molar-refractivity contribution is 6.42. The summed E-state index contributed by atoms with van der Waals surface area (Å²) in [6.45, 7) is 3.81. The van der Waals surface area contributed by atoms with E-state index in [2.05, 4.69) is 5.32 Å². The Hall–Kier alpha value is -3.22. The topological polar surface area (TPSA) is 67.9 Å².